The normalized spacial score (nSPS) is 20.0. The molecule has 1 heterocycles. The minimum atomic E-state index is -4.60. The molecule has 0 amide bonds. The van der Waals surface area contributed by atoms with E-state index in [1.807, 2.05) is 0 Å². The molecule has 1 aliphatic rings. The van der Waals surface area contributed by atoms with E-state index in [1.165, 1.54) is 135 Å². The molecule has 0 saturated carbocycles. The molecular formula is C48H90O12S. The van der Waals surface area contributed by atoms with Gasteiger partial charge in [-0.3, -0.25) is 14.1 Å². The number of aliphatic hydroxyl groups excluding tert-OH is 3. The average molecular weight is 891 g/mol. The first-order chi connectivity index (χ1) is 29.5. The monoisotopic (exact) mass is 891 g/mol. The fraction of sp³-hybridized carbons (Fsp3) is 0.917. The van der Waals surface area contributed by atoms with Gasteiger partial charge in [0.1, 0.15) is 36.8 Å². The highest BCUT2D eigenvalue weighted by molar-refractivity contribution is 7.85. The van der Waals surface area contributed by atoms with Crippen LogP contribution in [-0.4, -0.2) is 96.0 Å². The molecule has 0 spiro atoms. The third kappa shape index (κ3) is 33.6. The van der Waals surface area contributed by atoms with Crippen LogP contribution in [0.15, 0.2) is 12.2 Å². The summed E-state index contributed by atoms with van der Waals surface area (Å²) in [7, 11) is -4.60. The molecule has 12 nitrogen and oxygen atoms in total. The van der Waals surface area contributed by atoms with Gasteiger partial charge in [0, 0.05) is 12.8 Å². The molecule has 4 N–H and O–H groups in total. The van der Waals surface area contributed by atoms with Gasteiger partial charge in [-0.05, 0) is 38.5 Å². The second-order valence-corrected chi connectivity index (χ2v) is 19.0. The number of hydrogen-bond acceptors (Lipinski definition) is 11. The van der Waals surface area contributed by atoms with Crippen molar-refractivity contribution in [2.75, 3.05) is 19.0 Å². The Bertz CT molecular complexity index is 1180. The number of esters is 2. The van der Waals surface area contributed by atoms with Crippen LogP contribution in [0.25, 0.3) is 0 Å². The number of rotatable bonds is 42. The number of allylic oxidation sites excluding steroid dienone is 2. The summed E-state index contributed by atoms with van der Waals surface area (Å²) in [5.41, 5.74) is 0. The smallest absolute Gasteiger partial charge is 0.306 e. The summed E-state index contributed by atoms with van der Waals surface area (Å²) >= 11 is 0. The predicted molar refractivity (Wildman–Crippen MR) is 243 cm³/mol. The van der Waals surface area contributed by atoms with Gasteiger partial charge in [0.05, 0.1) is 6.61 Å². The fourth-order valence-electron chi connectivity index (χ4n) is 7.73. The molecule has 1 saturated heterocycles. The lowest BCUT2D eigenvalue weighted by Gasteiger charge is -2.40. The van der Waals surface area contributed by atoms with Gasteiger partial charge in [0.15, 0.2) is 12.4 Å². The number of carbonyl (C=O) groups is 2. The van der Waals surface area contributed by atoms with E-state index in [2.05, 4.69) is 26.0 Å². The zero-order valence-corrected chi connectivity index (χ0v) is 39.4. The Balaban J connectivity index is 2.39. The minimum Gasteiger partial charge on any atom is -0.462 e. The molecule has 360 valence electrons. The Morgan fingerprint density at radius 2 is 0.934 bits per heavy atom. The van der Waals surface area contributed by atoms with Crippen molar-refractivity contribution >= 4 is 22.1 Å². The topological polar surface area (TPSA) is 186 Å². The molecule has 61 heavy (non-hydrogen) atoms. The summed E-state index contributed by atoms with van der Waals surface area (Å²) in [4.78, 5) is 25.5. The summed E-state index contributed by atoms with van der Waals surface area (Å²) in [6.45, 7) is 3.78. The van der Waals surface area contributed by atoms with Crippen LogP contribution in [0.5, 0.6) is 0 Å². The predicted octanol–water partition coefficient (Wildman–Crippen LogP) is 10.6. The number of ether oxygens (including phenoxy) is 4. The molecule has 6 unspecified atom stereocenters. The van der Waals surface area contributed by atoms with Crippen molar-refractivity contribution in [2.45, 2.75) is 263 Å². The highest BCUT2D eigenvalue weighted by Gasteiger charge is 2.46. The average Bonchev–Trinajstić information content (AvgIpc) is 3.22. The van der Waals surface area contributed by atoms with Gasteiger partial charge in [-0.2, -0.15) is 8.42 Å². The summed E-state index contributed by atoms with van der Waals surface area (Å²) in [5, 5.41) is 30.9. The number of unbranched alkanes of at least 4 members (excludes halogenated alkanes) is 28. The Hall–Kier alpha value is -1.61. The van der Waals surface area contributed by atoms with Gasteiger partial charge >= 0.3 is 11.9 Å². The summed E-state index contributed by atoms with van der Waals surface area (Å²) in [5.74, 6) is -1.97. The van der Waals surface area contributed by atoms with Gasteiger partial charge in [-0.1, -0.05) is 187 Å². The number of hydrogen-bond donors (Lipinski definition) is 4. The Morgan fingerprint density at radius 1 is 0.541 bits per heavy atom. The van der Waals surface area contributed by atoms with E-state index in [1.54, 1.807) is 0 Å². The number of aliphatic hydroxyl groups is 3. The molecule has 0 bridgehead atoms. The van der Waals surface area contributed by atoms with E-state index in [0.717, 1.165) is 51.4 Å². The van der Waals surface area contributed by atoms with Crippen LogP contribution < -0.4 is 0 Å². The molecule has 6 atom stereocenters. The van der Waals surface area contributed by atoms with Crippen LogP contribution >= 0.6 is 0 Å². The van der Waals surface area contributed by atoms with E-state index >= 15 is 0 Å². The van der Waals surface area contributed by atoms with E-state index in [0.29, 0.717) is 12.8 Å². The molecule has 1 fully saturated rings. The third-order valence-corrected chi connectivity index (χ3v) is 12.3. The Morgan fingerprint density at radius 3 is 1.36 bits per heavy atom. The van der Waals surface area contributed by atoms with Crippen LogP contribution in [0, 0.1) is 0 Å². The second-order valence-electron chi connectivity index (χ2n) is 17.5. The lowest BCUT2D eigenvalue weighted by molar-refractivity contribution is -0.297. The standard InChI is InChI=1S/C48H90O12S/c1-3-5-7-9-11-13-15-17-19-21-23-25-27-29-31-33-35-37-44(50)59-41(39-58-48-47(53)46(52)45(51)42(60-48)40-61(54,55)56)38-57-43(49)36-34-32-30-28-26-24-22-20-18-16-14-12-10-8-6-4-2/h17,19,41-42,45-48,51-53H,3-16,18,20-40H2,1-2H3,(H,54,55,56)/b19-17-. The van der Waals surface area contributed by atoms with Crippen molar-refractivity contribution in [1.29, 1.82) is 0 Å². The lowest BCUT2D eigenvalue weighted by Crippen LogP contribution is -2.60. The van der Waals surface area contributed by atoms with Gasteiger partial charge in [0.2, 0.25) is 0 Å². The van der Waals surface area contributed by atoms with Crippen LogP contribution in [-0.2, 0) is 38.7 Å². The summed E-state index contributed by atoms with van der Waals surface area (Å²) in [6, 6.07) is 0. The Kier molecular flexibility index (Phi) is 36.5. The van der Waals surface area contributed by atoms with Crippen molar-refractivity contribution in [3.05, 3.63) is 12.2 Å². The SMILES string of the molecule is CCCCCCCC/C=C\CCCCCCCCCC(=O)OC(COC(=O)CCCCCCCCCCCCCCCCCC)COC1OC(CS(=O)(=O)O)C(O)C(O)C1O. The quantitative estimate of drug-likeness (QED) is 0.0197. The van der Waals surface area contributed by atoms with E-state index < -0.39 is 71.2 Å². The highest BCUT2D eigenvalue weighted by atomic mass is 32.2. The maximum absolute atomic E-state index is 12.8. The molecule has 0 radical (unpaired) electrons. The van der Waals surface area contributed by atoms with Gasteiger partial charge < -0.3 is 34.3 Å². The van der Waals surface area contributed by atoms with E-state index in [9.17, 15) is 37.9 Å². The van der Waals surface area contributed by atoms with Crippen LogP contribution in [0.3, 0.4) is 0 Å². The highest BCUT2D eigenvalue weighted by Crippen LogP contribution is 2.24. The van der Waals surface area contributed by atoms with Crippen molar-refractivity contribution in [3.8, 4) is 0 Å². The maximum atomic E-state index is 12.8. The third-order valence-electron chi connectivity index (χ3n) is 11.6. The van der Waals surface area contributed by atoms with Crippen LogP contribution in [0.4, 0.5) is 0 Å². The van der Waals surface area contributed by atoms with Gasteiger partial charge in [-0.25, -0.2) is 0 Å². The zero-order chi connectivity index (χ0) is 44.8. The van der Waals surface area contributed by atoms with E-state index in [-0.39, 0.29) is 19.4 Å². The first-order valence-electron chi connectivity index (χ1n) is 24.7. The van der Waals surface area contributed by atoms with Crippen molar-refractivity contribution in [1.82, 2.24) is 0 Å². The molecule has 0 aromatic rings. The molecular weight excluding hydrogens is 801 g/mol. The number of carbonyl (C=O) groups excluding carboxylic acids is 2. The van der Waals surface area contributed by atoms with Crippen LogP contribution in [0.1, 0.15) is 226 Å². The van der Waals surface area contributed by atoms with Crippen molar-refractivity contribution < 1.29 is 56.8 Å². The minimum absolute atomic E-state index is 0.164. The fourth-order valence-corrected chi connectivity index (χ4v) is 8.42. The maximum Gasteiger partial charge on any atom is 0.306 e. The molecule has 0 aliphatic carbocycles. The van der Waals surface area contributed by atoms with E-state index in [4.69, 9.17) is 18.9 Å². The molecule has 0 aromatic heterocycles. The summed E-state index contributed by atoms with van der Waals surface area (Å²) < 4.78 is 54.2. The second kappa shape index (κ2) is 38.8. The Labute approximate surface area is 371 Å². The molecule has 1 aliphatic heterocycles. The zero-order valence-electron chi connectivity index (χ0n) is 38.5. The van der Waals surface area contributed by atoms with Crippen LogP contribution in [0.2, 0.25) is 0 Å². The lowest BCUT2D eigenvalue weighted by atomic mass is 10.00. The van der Waals surface area contributed by atoms with Crippen molar-refractivity contribution in [3.63, 3.8) is 0 Å². The van der Waals surface area contributed by atoms with Gasteiger partial charge in [0.25, 0.3) is 10.1 Å². The van der Waals surface area contributed by atoms with Crippen molar-refractivity contribution in [2.24, 2.45) is 0 Å². The largest absolute Gasteiger partial charge is 0.462 e. The first-order valence-corrected chi connectivity index (χ1v) is 26.4. The van der Waals surface area contributed by atoms with Gasteiger partial charge in [-0.15, -0.1) is 0 Å². The molecule has 0 aromatic carbocycles. The summed E-state index contributed by atoms with van der Waals surface area (Å²) in [6.07, 6.45) is 32.5. The first kappa shape index (κ1) is 57.4. The molecule has 13 heteroatoms. The molecule has 1 rings (SSSR count).